The third-order valence-electron chi connectivity index (χ3n) is 17.0. The third kappa shape index (κ3) is 72.8. The summed E-state index contributed by atoms with van der Waals surface area (Å²) in [6, 6.07) is 0. The standard InChI is InChI=1S/C78H146NO8P/c1-6-8-10-12-14-16-18-20-22-24-26-28-30-32-34-35-36-37-38-39-40-41-42-43-45-46-48-50-52-54-56-58-60-62-64-66-68-70-77(80)84-74-76(75-86-88(82,83)85-73-72-79(3,4)5)87-78(81)71-69-67-65-63-61-59-57-55-53-51-49-47-44-33-31-29-27-25-23-21-19-17-15-13-11-9-7-2/h9,11,15,17,21,23-24,26-27,29,76H,6-8,10,12-14,16,18-20,22,25,28,30-75H2,1-5H3/b11-9-,17-15-,23-21-,26-24-,29-27-. The Morgan fingerprint density at radius 1 is 0.364 bits per heavy atom. The zero-order valence-electron chi connectivity index (χ0n) is 58.9. The molecule has 0 heterocycles. The van der Waals surface area contributed by atoms with Crippen LogP contribution in [0.2, 0.25) is 0 Å². The number of allylic oxidation sites excluding steroid dienone is 10. The van der Waals surface area contributed by atoms with Crippen LogP contribution in [0.25, 0.3) is 0 Å². The summed E-state index contributed by atoms with van der Waals surface area (Å²) >= 11 is 0. The second kappa shape index (κ2) is 69.1. The Kier molecular flexibility index (Phi) is 67.3. The predicted molar refractivity (Wildman–Crippen MR) is 379 cm³/mol. The molecule has 0 radical (unpaired) electrons. The van der Waals surface area contributed by atoms with Crippen LogP contribution in [0.3, 0.4) is 0 Å². The van der Waals surface area contributed by atoms with E-state index >= 15 is 0 Å². The fourth-order valence-corrected chi connectivity index (χ4v) is 12.0. The summed E-state index contributed by atoms with van der Waals surface area (Å²) in [4.78, 5) is 38.1. The van der Waals surface area contributed by atoms with Crippen LogP contribution in [0.15, 0.2) is 60.8 Å². The second-order valence-electron chi connectivity index (χ2n) is 27.0. The van der Waals surface area contributed by atoms with E-state index in [4.69, 9.17) is 18.5 Å². The summed E-state index contributed by atoms with van der Waals surface area (Å²) in [5.41, 5.74) is 0. The van der Waals surface area contributed by atoms with Crippen LogP contribution in [0.4, 0.5) is 0 Å². The van der Waals surface area contributed by atoms with Crippen molar-refractivity contribution in [2.45, 2.75) is 380 Å². The largest absolute Gasteiger partial charge is 0.756 e. The molecule has 0 aliphatic heterocycles. The lowest BCUT2D eigenvalue weighted by Crippen LogP contribution is -2.37. The van der Waals surface area contributed by atoms with Crippen LogP contribution in [0.5, 0.6) is 0 Å². The molecule has 0 aliphatic carbocycles. The van der Waals surface area contributed by atoms with E-state index in [-0.39, 0.29) is 32.0 Å². The summed E-state index contributed by atoms with van der Waals surface area (Å²) in [5, 5.41) is 0. The van der Waals surface area contributed by atoms with Crippen molar-refractivity contribution in [3.05, 3.63) is 60.8 Å². The van der Waals surface area contributed by atoms with Gasteiger partial charge in [0.05, 0.1) is 27.7 Å². The highest BCUT2D eigenvalue weighted by molar-refractivity contribution is 7.45. The minimum absolute atomic E-state index is 0.0300. The maximum atomic E-state index is 12.9. The number of hydrogen-bond acceptors (Lipinski definition) is 8. The Labute approximate surface area is 546 Å². The molecule has 0 saturated carbocycles. The summed E-state index contributed by atoms with van der Waals surface area (Å²) < 4.78 is 34.4. The van der Waals surface area contributed by atoms with Crippen molar-refractivity contribution < 1.29 is 42.1 Å². The number of rotatable bonds is 71. The molecule has 9 nitrogen and oxygen atoms in total. The Balaban J connectivity index is 3.93. The van der Waals surface area contributed by atoms with E-state index in [2.05, 4.69) is 74.6 Å². The summed E-state index contributed by atoms with van der Waals surface area (Å²) in [5.74, 6) is -0.816. The van der Waals surface area contributed by atoms with E-state index in [0.717, 1.165) is 64.2 Å². The molecule has 0 fully saturated rings. The summed E-state index contributed by atoms with van der Waals surface area (Å²) in [6.45, 7) is 4.19. The zero-order chi connectivity index (χ0) is 64.1. The lowest BCUT2D eigenvalue weighted by Gasteiger charge is -2.28. The highest BCUT2D eigenvalue weighted by atomic mass is 31.2. The average molecular weight is 1260 g/mol. The van der Waals surface area contributed by atoms with E-state index in [1.165, 1.54) is 276 Å². The molecule has 0 N–H and O–H groups in total. The molecule has 2 atom stereocenters. The number of likely N-dealkylation sites (N-methyl/N-ethyl adjacent to an activating group) is 1. The Bertz CT molecular complexity index is 1670. The number of esters is 2. The van der Waals surface area contributed by atoms with E-state index in [0.29, 0.717) is 17.4 Å². The Morgan fingerprint density at radius 3 is 0.977 bits per heavy atom. The topological polar surface area (TPSA) is 111 Å². The SMILES string of the molecule is CC/C=C\C/C=C\C/C=C\C/C=C\CCCCCCCCCCCCCCCCC(=O)OC(COC(=O)CCCCCCCCCCCCCCCCCCCCCCCCCCC/C=C\CCCCCCCCCC)COP(=O)([O-])OCC[N+](C)(C)C. The highest BCUT2D eigenvalue weighted by Gasteiger charge is 2.22. The highest BCUT2D eigenvalue weighted by Crippen LogP contribution is 2.38. The van der Waals surface area contributed by atoms with Gasteiger partial charge in [0.25, 0.3) is 7.82 Å². The van der Waals surface area contributed by atoms with Crippen molar-refractivity contribution in [1.82, 2.24) is 0 Å². The number of unbranched alkanes of at least 4 members (excludes halogenated alkanes) is 47. The predicted octanol–water partition coefficient (Wildman–Crippen LogP) is 24.3. The van der Waals surface area contributed by atoms with Gasteiger partial charge < -0.3 is 27.9 Å². The van der Waals surface area contributed by atoms with E-state index in [9.17, 15) is 19.0 Å². The number of quaternary nitrogens is 1. The molecule has 516 valence electrons. The van der Waals surface area contributed by atoms with Gasteiger partial charge in [-0.05, 0) is 77.0 Å². The molecule has 0 rings (SSSR count). The molecule has 0 amide bonds. The fraction of sp³-hybridized carbons (Fsp3) is 0.846. The number of hydrogen-bond donors (Lipinski definition) is 0. The van der Waals surface area contributed by atoms with Crippen molar-refractivity contribution in [2.24, 2.45) is 0 Å². The smallest absolute Gasteiger partial charge is 0.306 e. The average Bonchev–Trinajstić information content (AvgIpc) is 3.60. The van der Waals surface area contributed by atoms with Gasteiger partial charge in [-0.3, -0.25) is 14.2 Å². The van der Waals surface area contributed by atoms with Gasteiger partial charge in [0.15, 0.2) is 6.10 Å². The molecule has 0 saturated heterocycles. The van der Waals surface area contributed by atoms with Crippen LogP contribution in [-0.4, -0.2) is 70.0 Å². The van der Waals surface area contributed by atoms with Crippen molar-refractivity contribution in [1.29, 1.82) is 0 Å². The molecule has 0 aliphatic rings. The van der Waals surface area contributed by atoms with Crippen molar-refractivity contribution in [2.75, 3.05) is 47.5 Å². The maximum Gasteiger partial charge on any atom is 0.306 e. The van der Waals surface area contributed by atoms with Crippen LogP contribution in [0, 0.1) is 0 Å². The summed E-state index contributed by atoms with van der Waals surface area (Å²) in [7, 11) is 1.18. The van der Waals surface area contributed by atoms with E-state index in [1.54, 1.807) is 0 Å². The first-order chi connectivity index (χ1) is 43.0. The zero-order valence-corrected chi connectivity index (χ0v) is 59.8. The minimum atomic E-state index is -4.64. The minimum Gasteiger partial charge on any atom is -0.756 e. The van der Waals surface area contributed by atoms with Gasteiger partial charge in [-0.1, -0.05) is 344 Å². The van der Waals surface area contributed by atoms with Gasteiger partial charge in [-0.2, -0.15) is 0 Å². The number of phosphoric ester groups is 1. The first-order valence-corrected chi connectivity index (χ1v) is 39.5. The number of ether oxygens (including phenoxy) is 2. The van der Waals surface area contributed by atoms with Crippen LogP contribution < -0.4 is 4.89 Å². The number of phosphoric acid groups is 1. The van der Waals surface area contributed by atoms with Gasteiger partial charge >= 0.3 is 11.9 Å². The molecule has 0 bridgehead atoms. The van der Waals surface area contributed by atoms with Gasteiger partial charge in [0, 0.05) is 12.8 Å². The molecule has 0 spiro atoms. The number of carbonyl (C=O) groups excluding carboxylic acids is 2. The van der Waals surface area contributed by atoms with Crippen molar-refractivity contribution in [3.63, 3.8) is 0 Å². The normalized spacial score (nSPS) is 13.4. The van der Waals surface area contributed by atoms with E-state index in [1.807, 2.05) is 21.1 Å². The second-order valence-corrected chi connectivity index (χ2v) is 28.4. The first kappa shape index (κ1) is 85.7. The molecule has 2 unspecified atom stereocenters. The lowest BCUT2D eigenvalue weighted by molar-refractivity contribution is -0.870. The van der Waals surface area contributed by atoms with Gasteiger partial charge in [0.2, 0.25) is 0 Å². The molecular weight excluding hydrogens is 1110 g/mol. The van der Waals surface area contributed by atoms with E-state index < -0.39 is 26.5 Å². The lowest BCUT2D eigenvalue weighted by atomic mass is 10.0. The molecule has 0 aromatic rings. The summed E-state index contributed by atoms with van der Waals surface area (Å²) in [6.07, 6.45) is 91.9. The third-order valence-corrected chi connectivity index (χ3v) is 18.0. The quantitative estimate of drug-likeness (QED) is 0.0195. The maximum absolute atomic E-state index is 12.9. The molecular formula is C78H146NO8P. The van der Waals surface area contributed by atoms with Crippen LogP contribution in [0.1, 0.15) is 373 Å². The number of carbonyl (C=O) groups is 2. The van der Waals surface area contributed by atoms with Gasteiger partial charge in [-0.25, -0.2) is 0 Å². The fourth-order valence-electron chi connectivity index (χ4n) is 11.2. The molecule has 10 heteroatoms. The first-order valence-electron chi connectivity index (χ1n) is 38.0. The Morgan fingerprint density at radius 2 is 0.648 bits per heavy atom. The molecule has 88 heavy (non-hydrogen) atoms. The Hall–Kier alpha value is -2.29. The van der Waals surface area contributed by atoms with Crippen molar-refractivity contribution >= 4 is 19.8 Å². The monoisotopic (exact) mass is 1260 g/mol. The number of nitrogens with zero attached hydrogens (tertiary/aromatic N) is 1. The van der Waals surface area contributed by atoms with Crippen LogP contribution in [-0.2, 0) is 32.7 Å². The van der Waals surface area contributed by atoms with Crippen molar-refractivity contribution in [3.8, 4) is 0 Å². The molecule has 0 aromatic carbocycles. The van der Waals surface area contributed by atoms with Crippen LogP contribution >= 0.6 is 7.82 Å². The molecule has 0 aromatic heterocycles. The van der Waals surface area contributed by atoms with Gasteiger partial charge in [-0.15, -0.1) is 0 Å². The van der Waals surface area contributed by atoms with Gasteiger partial charge in [0.1, 0.15) is 19.8 Å².